The van der Waals surface area contributed by atoms with Crippen molar-refractivity contribution in [3.63, 3.8) is 0 Å². The minimum Gasteiger partial charge on any atom is -0.271 e. The molecule has 0 aliphatic carbocycles. The molecule has 21 heavy (non-hydrogen) atoms. The Labute approximate surface area is 120 Å². The zero-order chi connectivity index (χ0) is 15.6. The molecule has 1 heterocycles. The molecule has 0 radical (unpaired) electrons. The first-order chi connectivity index (χ1) is 9.96. The average molecular weight is 298 g/mol. The quantitative estimate of drug-likeness (QED) is 0.506. The summed E-state index contributed by atoms with van der Waals surface area (Å²) in [6.07, 6.45) is 0.385. The first-order valence-corrected chi connectivity index (χ1v) is 6.60. The van der Waals surface area contributed by atoms with Crippen LogP contribution in [0.3, 0.4) is 0 Å². The number of hydrazine groups is 1. The van der Waals surface area contributed by atoms with Gasteiger partial charge >= 0.3 is 0 Å². The summed E-state index contributed by atoms with van der Waals surface area (Å²) in [5.74, 6) is 1.53. The summed E-state index contributed by atoms with van der Waals surface area (Å²) in [4.78, 5) is 0. The van der Waals surface area contributed by atoms with E-state index in [1.165, 1.54) is 0 Å². The zero-order valence-electron chi connectivity index (χ0n) is 11.8. The van der Waals surface area contributed by atoms with E-state index >= 15 is 0 Å². The van der Waals surface area contributed by atoms with Gasteiger partial charge in [-0.25, -0.2) is 13.2 Å². The molecular formula is C14H17F3N4. The van der Waals surface area contributed by atoms with Gasteiger partial charge in [-0.2, -0.15) is 5.10 Å². The minimum absolute atomic E-state index is 0.246. The topological polar surface area (TPSA) is 55.9 Å². The summed E-state index contributed by atoms with van der Waals surface area (Å²) in [6.45, 7) is 4.47. The van der Waals surface area contributed by atoms with Gasteiger partial charge in [-0.15, -0.1) is 0 Å². The molecule has 1 atom stereocenters. The number of hydrogen-bond donors (Lipinski definition) is 2. The maximum absolute atomic E-state index is 13.3. The Morgan fingerprint density at radius 1 is 1.24 bits per heavy atom. The number of hydrogen-bond acceptors (Lipinski definition) is 3. The highest BCUT2D eigenvalue weighted by Crippen LogP contribution is 2.22. The molecule has 0 aliphatic rings. The van der Waals surface area contributed by atoms with E-state index in [4.69, 9.17) is 5.84 Å². The van der Waals surface area contributed by atoms with Gasteiger partial charge in [0.05, 0.1) is 11.7 Å². The van der Waals surface area contributed by atoms with Crippen molar-refractivity contribution in [1.82, 2.24) is 15.2 Å². The van der Waals surface area contributed by atoms with Crippen LogP contribution >= 0.6 is 0 Å². The molecule has 3 N–H and O–H groups in total. The first-order valence-electron chi connectivity index (χ1n) is 6.60. The maximum Gasteiger partial charge on any atom is 0.194 e. The molecule has 0 fully saturated rings. The molecule has 1 aromatic carbocycles. The molecule has 0 saturated heterocycles. The van der Waals surface area contributed by atoms with Crippen LogP contribution in [0.4, 0.5) is 13.2 Å². The smallest absolute Gasteiger partial charge is 0.194 e. The predicted octanol–water partition coefficient (Wildman–Crippen LogP) is 2.38. The molecule has 0 saturated carbocycles. The van der Waals surface area contributed by atoms with Gasteiger partial charge in [-0.1, -0.05) is 0 Å². The third-order valence-corrected chi connectivity index (χ3v) is 3.31. The molecule has 7 heteroatoms. The highest BCUT2D eigenvalue weighted by Gasteiger charge is 2.18. The standard InChI is InChI=1S/C14H17F3N4/c1-3-21-10(4-8(2)20-21)7-13(19-18)9-5-11(15)14(17)12(16)6-9/h4-6,13,19H,3,7,18H2,1-2H3. The Bertz CT molecular complexity index is 616. The molecule has 2 rings (SSSR count). The third kappa shape index (κ3) is 3.25. The monoisotopic (exact) mass is 298 g/mol. The largest absolute Gasteiger partial charge is 0.271 e. The zero-order valence-corrected chi connectivity index (χ0v) is 11.8. The van der Waals surface area contributed by atoms with Crippen molar-refractivity contribution in [3.8, 4) is 0 Å². The van der Waals surface area contributed by atoms with E-state index in [9.17, 15) is 13.2 Å². The van der Waals surface area contributed by atoms with Crippen molar-refractivity contribution in [3.05, 3.63) is 52.6 Å². The number of nitrogens with two attached hydrogens (primary N) is 1. The fraction of sp³-hybridized carbons (Fsp3) is 0.357. The molecule has 2 aromatic rings. The Morgan fingerprint density at radius 3 is 2.38 bits per heavy atom. The molecule has 1 unspecified atom stereocenters. The van der Waals surface area contributed by atoms with Crippen LogP contribution in [0.5, 0.6) is 0 Å². The summed E-state index contributed by atoms with van der Waals surface area (Å²) >= 11 is 0. The van der Waals surface area contributed by atoms with Gasteiger partial charge in [0.2, 0.25) is 0 Å². The molecule has 0 aliphatic heterocycles. The number of aromatic nitrogens is 2. The van der Waals surface area contributed by atoms with Crippen molar-refractivity contribution >= 4 is 0 Å². The summed E-state index contributed by atoms with van der Waals surface area (Å²) in [6, 6.07) is 3.23. The van der Waals surface area contributed by atoms with E-state index in [0.717, 1.165) is 23.5 Å². The van der Waals surface area contributed by atoms with E-state index in [1.54, 1.807) is 4.68 Å². The van der Waals surface area contributed by atoms with Gasteiger partial charge in [-0.05, 0) is 37.6 Å². The lowest BCUT2D eigenvalue weighted by Gasteiger charge is -2.17. The van der Waals surface area contributed by atoms with Crippen molar-refractivity contribution < 1.29 is 13.2 Å². The van der Waals surface area contributed by atoms with E-state index in [1.807, 2.05) is 19.9 Å². The maximum atomic E-state index is 13.3. The normalized spacial score (nSPS) is 12.7. The van der Waals surface area contributed by atoms with Crippen LogP contribution in [0, 0.1) is 24.4 Å². The fourth-order valence-corrected chi connectivity index (χ4v) is 2.30. The van der Waals surface area contributed by atoms with Gasteiger partial charge < -0.3 is 0 Å². The number of aryl methyl sites for hydroxylation is 2. The van der Waals surface area contributed by atoms with Crippen LogP contribution in [0.1, 0.15) is 29.9 Å². The number of nitrogens with zero attached hydrogens (tertiary/aromatic N) is 2. The SMILES string of the molecule is CCn1nc(C)cc1CC(NN)c1cc(F)c(F)c(F)c1. The van der Waals surface area contributed by atoms with Gasteiger partial charge in [0, 0.05) is 18.7 Å². The van der Waals surface area contributed by atoms with Gasteiger partial charge in [-0.3, -0.25) is 16.0 Å². The van der Waals surface area contributed by atoms with Gasteiger partial charge in [0.25, 0.3) is 0 Å². The number of halogens is 3. The van der Waals surface area contributed by atoms with Crippen LogP contribution in [-0.2, 0) is 13.0 Å². The first kappa shape index (κ1) is 15.5. The fourth-order valence-electron chi connectivity index (χ4n) is 2.30. The number of rotatable bonds is 5. The summed E-state index contributed by atoms with van der Waals surface area (Å²) in [7, 11) is 0. The molecular weight excluding hydrogens is 281 g/mol. The highest BCUT2D eigenvalue weighted by atomic mass is 19.2. The van der Waals surface area contributed by atoms with Gasteiger partial charge in [0.15, 0.2) is 17.5 Å². The molecule has 114 valence electrons. The summed E-state index contributed by atoms with van der Waals surface area (Å²) in [5.41, 5.74) is 4.47. The molecule has 0 spiro atoms. The van der Waals surface area contributed by atoms with Crippen molar-refractivity contribution in [2.45, 2.75) is 32.9 Å². The Kier molecular flexibility index (Phi) is 4.64. The van der Waals surface area contributed by atoms with Crippen LogP contribution in [0.2, 0.25) is 0 Å². The van der Waals surface area contributed by atoms with Crippen LogP contribution in [-0.4, -0.2) is 9.78 Å². The van der Waals surface area contributed by atoms with E-state index < -0.39 is 23.5 Å². The van der Waals surface area contributed by atoms with E-state index in [0.29, 0.717) is 13.0 Å². The Morgan fingerprint density at radius 2 is 1.86 bits per heavy atom. The highest BCUT2D eigenvalue weighted by molar-refractivity contribution is 5.24. The lowest BCUT2D eigenvalue weighted by Crippen LogP contribution is -2.30. The van der Waals surface area contributed by atoms with Gasteiger partial charge in [0.1, 0.15) is 0 Å². The number of nitrogens with one attached hydrogen (secondary N) is 1. The summed E-state index contributed by atoms with van der Waals surface area (Å²) in [5, 5.41) is 4.30. The van der Waals surface area contributed by atoms with E-state index in [-0.39, 0.29) is 5.56 Å². The van der Waals surface area contributed by atoms with Crippen molar-refractivity contribution in [2.24, 2.45) is 5.84 Å². The predicted molar refractivity (Wildman–Crippen MR) is 72.7 cm³/mol. The Balaban J connectivity index is 2.32. The van der Waals surface area contributed by atoms with Crippen LogP contribution in [0.15, 0.2) is 18.2 Å². The van der Waals surface area contributed by atoms with Crippen LogP contribution in [0.25, 0.3) is 0 Å². The second-order valence-electron chi connectivity index (χ2n) is 4.81. The second-order valence-corrected chi connectivity index (χ2v) is 4.81. The van der Waals surface area contributed by atoms with Crippen molar-refractivity contribution in [1.29, 1.82) is 0 Å². The minimum atomic E-state index is -1.48. The average Bonchev–Trinajstić information content (AvgIpc) is 2.81. The second kappa shape index (κ2) is 6.28. The molecule has 1 aromatic heterocycles. The van der Waals surface area contributed by atoms with E-state index in [2.05, 4.69) is 10.5 Å². The third-order valence-electron chi connectivity index (χ3n) is 3.31. The number of benzene rings is 1. The lowest BCUT2D eigenvalue weighted by atomic mass is 10.0. The van der Waals surface area contributed by atoms with Crippen LogP contribution < -0.4 is 11.3 Å². The molecule has 4 nitrogen and oxygen atoms in total. The molecule has 0 amide bonds. The van der Waals surface area contributed by atoms with Crippen molar-refractivity contribution in [2.75, 3.05) is 0 Å². The lowest BCUT2D eigenvalue weighted by molar-refractivity contribution is 0.438. The summed E-state index contributed by atoms with van der Waals surface area (Å²) < 4.78 is 41.4. The molecule has 0 bridgehead atoms. The Hall–Kier alpha value is -1.86.